The van der Waals surface area contributed by atoms with Gasteiger partial charge in [0.25, 0.3) is 0 Å². The molecule has 1 fully saturated rings. The Morgan fingerprint density at radius 1 is 1.00 bits per heavy atom. The van der Waals surface area contributed by atoms with E-state index in [0.29, 0.717) is 0 Å². The van der Waals surface area contributed by atoms with Crippen LogP contribution in [-0.2, 0) is 5.54 Å². The van der Waals surface area contributed by atoms with Crippen molar-refractivity contribution in [2.75, 3.05) is 0 Å². The molecule has 1 aliphatic rings. The minimum atomic E-state index is -0.484. The van der Waals surface area contributed by atoms with Crippen LogP contribution in [0.15, 0.2) is 59.4 Å². The molecule has 0 amide bonds. The number of nitrogens with two attached hydrogens (primary N) is 2. The summed E-state index contributed by atoms with van der Waals surface area (Å²) < 4.78 is 5.57. The standard InChI is InChI=1S/C24H25N5O/c1-15-21(22(29-30-15)16-5-3-2-4-6-16)17-7-8-20-19(13-17)23(28-14-27-20)24(26)11-9-18(25)10-12-24/h2-8,13-14,18H,9-12,25-26H2,1H3. The smallest absolute Gasteiger partial charge is 0.142 e. The molecule has 0 radical (unpaired) electrons. The number of benzene rings is 2. The van der Waals surface area contributed by atoms with Crippen molar-refractivity contribution in [3.8, 4) is 22.4 Å². The molecule has 0 unspecified atom stereocenters. The summed E-state index contributed by atoms with van der Waals surface area (Å²) in [4.78, 5) is 9.11. The molecule has 4 N–H and O–H groups in total. The second-order valence-electron chi connectivity index (χ2n) is 8.28. The van der Waals surface area contributed by atoms with Crippen LogP contribution in [0.4, 0.5) is 0 Å². The van der Waals surface area contributed by atoms with Crippen LogP contribution >= 0.6 is 0 Å². The maximum absolute atomic E-state index is 6.85. The van der Waals surface area contributed by atoms with Gasteiger partial charge >= 0.3 is 0 Å². The molecule has 6 heteroatoms. The molecular weight excluding hydrogens is 374 g/mol. The number of nitrogens with zero attached hydrogens (tertiary/aromatic N) is 3. The van der Waals surface area contributed by atoms with Crippen molar-refractivity contribution in [1.29, 1.82) is 0 Å². The van der Waals surface area contributed by atoms with Crippen molar-refractivity contribution in [3.05, 3.63) is 66.3 Å². The maximum atomic E-state index is 6.85. The van der Waals surface area contributed by atoms with E-state index < -0.39 is 5.54 Å². The highest BCUT2D eigenvalue weighted by Gasteiger charge is 2.35. The molecule has 2 aromatic carbocycles. The molecule has 30 heavy (non-hydrogen) atoms. The van der Waals surface area contributed by atoms with Gasteiger partial charge in [0.15, 0.2) is 0 Å². The lowest BCUT2D eigenvalue weighted by atomic mass is 9.77. The van der Waals surface area contributed by atoms with E-state index in [4.69, 9.17) is 16.0 Å². The first-order valence-corrected chi connectivity index (χ1v) is 10.4. The molecule has 4 aromatic rings. The molecule has 0 spiro atoms. The SMILES string of the molecule is Cc1onc(-c2ccccc2)c1-c1ccc2ncnc(C3(N)CCC(N)CC3)c2c1. The molecule has 152 valence electrons. The fourth-order valence-corrected chi connectivity index (χ4v) is 4.51. The summed E-state index contributed by atoms with van der Waals surface area (Å²) in [5.74, 6) is 0.776. The van der Waals surface area contributed by atoms with E-state index in [1.54, 1.807) is 6.33 Å². The fraction of sp³-hybridized carbons (Fsp3) is 0.292. The normalized spacial score (nSPS) is 21.8. The average Bonchev–Trinajstić information content (AvgIpc) is 3.17. The third-order valence-electron chi connectivity index (χ3n) is 6.23. The van der Waals surface area contributed by atoms with E-state index in [-0.39, 0.29) is 6.04 Å². The molecule has 0 atom stereocenters. The molecule has 5 rings (SSSR count). The van der Waals surface area contributed by atoms with E-state index in [9.17, 15) is 0 Å². The number of rotatable bonds is 3. The second kappa shape index (κ2) is 7.31. The summed E-state index contributed by atoms with van der Waals surface area (Å²) in [5.41, 5.74) is 18.1. The fourth-order valence-electron chi connectivity index (χ4n) is 4.51. The van der Waals surface area contributed by atoms with Crippen LogP contribution in [0.2, 0.25) is 0 Å². The van der Waals surface area contributed by atoms with Crippen LogP contribution in [0.3, 0.4) is 0 Å². The first-order valence-electron chi connectivity index (χ1n) is 10.4. The summed E-state index contributed by atoms with van der Waals surface area (Å²) >= 11 is 0. The highest BCUT2D eigenvalue weighted by Crippen LogP contribution is 2.39. The van der Waals surface area contributed by atoms with Gasteiger partial charge in [-0.2, -0.15) is 0 Å². The Bertz CT molecular complexity index is 1190. The molecule has 0 aliphatic heterocycles. The number of hydrogen-bond donors (Lipinski definition) is 2. The first-order chi connectivity index (χ1) is 14.5. The first kappa shape index (κ1) is 18.9. The van der Waals surface area contributed by atoms with E-state index >= 15 is 0 Å². The second-order valence-corrected chi connectivity index (χ2v) is 8.28. The highest BCUT2D eigenvalue weighted by molar-refractivity contribution is 5.90. The van der Waals surface area contributed by atoms with Crippen molar-refractivity contribution >= 4 is 10.9 Å². The van der Waals surface area contributed by atoms with Gasteiger partial charge in [-0.3, -0.25) is 0 Å². The van der Waals surface area contributed by atoms with Crippen LogP contribution in [-0.4, -0.2) is 21.2 Å². The minimum Gasteiger partial charge on any atom is -0.360 e. The lowest BCUT2D eigenvalue weighted by molar-refractivity contribution is 0.273. The van der Waals surface area contributed by atoms with Crippen LogP contribution in [0.1, 0.15) is 37.1 Å². The van der Waals surface area contributed by atoms with Crippen molar-refractivity contribution in [3.63, 3.8) is 0 Å². The van der Waals surface area contributed by atoms with Gasteiger partial charge in [0.05, 0.1) is 22.3 Å². The molecule has 6 nitrogen and oxygen atoms in total. The molecule has 2 aromatic heterocycles. The van der Waals surface area contributed by atoms with E-state index in [0.717, 1.165) is 70.4 Å². The van der Waals surface area contributed by atoms with E-state index in [1.165, 1.54) is 0 Å². The van der Waals surface area contributed by atoms with Gasteiger partial charge in [-0.15, -0.1) is 0 Å². The van der Waals surface area contributed by atoms with Crippen molar-refractivity contribution in [1.82, 2.24) is 15.1 Å². The molecular formula is C24H25N5O. The van der Waals surface area contributed by atoms with Gasteiger partial charge < -0.3 is 16.0 Å². The van der Waals surface area contributed by atoms with Crippen molar-refractivity contribution in [2.45, 2.75) is 44.2 Å². The maximum Gasteiger partial charge on any atom is 0.142 e. The third kappa shape index (κ3) is 3.18. The van der Waals surface area contributed by atoms with Crippen LogP contribution < -0.4 is 11.5 Å². The molecule has 0 saturated heterocycles. The Labute approximate surface area is 175 Å². The highest BCUT2D eigenvalue weighted by atomic mass is 16.5. The predicted octanol–water partition coefficient (Wildman–Crippen LogP) is 4.32. The van der Waals surface area contributed by atoms with Crippen LogP contribution in [0.5, 0.6) is 0 Å². The van der Waals surface area contributed by atoms with Gasteiger partial charge in [0.2, 0.25) is 0 Å². The summed E-state index contributed by atoms with van der Waals surface area (Å²) in [6.45, 7) is 1.94. The van der Waals surface area contributed by atoms with Crippen LogP contribution in [0, 0.1) is 6.92 Å². The third-order valence-corrected chi connectivity index (χ3v) is 6.23. The Morgan fingerprint density at radius 3 is 2.53 bits per heavy atom. The van der Waals surface area contributed by atoms with Gasteiger partial charge in [-0.25, -0.2) is 9.97 Å². The van der Waals surface area contributed by atoms with Crippen molar-refractivity contribution in [2.24, 2.45) is 11.5 Å². The summed E-state index contributed by atoms with van der Waals surface area (Å²) in [6.07, 6.45) is 5.08. The number of aryl methyl sites for hydroxylation is 1. The number of hydrogen-bond acceptors (Lipinski definition) is 6. The van der Waals surface area contributed by atoms with E-state index in [1.807, 2.05) is 43.3 Å². The number of aromatic nitrogens is 3. The lowest BCUT2D eigenvalue weighted by Crippen LogP contribution is -2.44. The van der Waals surface area contributed by atoms with Crippen LogP contribution in [0.25, 0.3) is 33.3 Å². The molecule has 1 aliphatic carbocycles. The van der Waals surface area contributed by atoms with Gasteiger partial charge in [-0.1, -0.05) is 41.6 Å². The molecule has 0 bridgehead atoms. The lowest BCUT2D eigenvalue weighted by Gasteiger charge is -2.36. The zero-order valence-electron chi connectivity index (χ0n) is 17.0. The summed E-state index contributed by atoms with van der Waals surface area (Å²) in [6, 6.07) is 16.5. The predicted molar refractivity (Wildman–Crippen MR) is 118 cm³/mol. The monoisotopic (exact) mass is 399 g/mol. The Balaban J connectivity index is 1.66. The Kier molecular flexibility index (Phi) is 4.60. The van der Waals surface area contributed by atoms with Crippen molar-refractivity contribution < 1.29 is 4.52 Å². The van der Waals surface area contributed by atoms with Gasteiger partial charge in [-0.05, 0) is 50.3 Å². The molecule has 1 saturated carbocycles. The van der Waals surface area contributed by atoms with Gasteiger partial charge in [0.1, 0.15) is 17.8 Å². The van der Waals surface area contributed by atoms with Gasteiger partial charge in [0, 0.05) is 17.0 Å². The Hall–Kier alpha value is -3.09. The summed E-state index contributed by atoms with van der Waals surface area (Å²) in [5, 5.41) is 5.31. The number of fused-ring (bicyclic) bond motifs is 1. The average molecular weight is 399 g/mol. The largest absolute Gasteiger partial charge is 0.360 e. The minimum absolute atomic E-state index is 0.221. The topological polar surface area (TPSA) is 104 Å². The van der Waals surface area contributed by atoms with E-state index in [2.05, 4.69) is 27.3 Å². The summed E-state index contributed by atoms with van der Waals surface area (Å²) in [7, 11) is 0. The zero-order valence-corrected chi connectivity index (χ0v) is 17.0. The molecule has 2 heterocycles. The Morgan fingerprint density at radius 2 is 1.77 bits per heavy atom. The zero-order chi connectivity index (χ0) is 20.7. The quantitative estimate of drug-likeness (QED) is 0.532.